The minimum atomic E-state index is -0.374. The molecular weight excluding hydrogens is 445 g/mol. The lowest BCUT2D eigenvalue weighted by Crippen LogP contribution is -2.19. The van der Waals surface area contributed by atoms with Crippen molar-refractivity contribution in [3.05, 3.63) is 89.9 Å². The molecule has 3 N–H and O–H groups in total. The third-order valence-electron chi connectivity index (χ3n) is 5.52. The molecule has 0 unspecified atom stereocenters. The van der Waals surface area contributed by atoms with E-state index in [0.717, 1.165) is 10.9 Å². The molecule has 4 aromatic rings. The Balaban J connectivity index is 1.71. The van der Waals surface area contributed by atoms with E-state index in [0.29, 0.717) is 29.1 Å². The molecule has 0 bridgehead atoms. The Bertz CT molecular complexity index is 1390. The normalized spacial score (nSPS) is 11.4. The summed E-state index contributed by atoms with van der Waals surface area (Å²) < 4.78 is 16.2. The Kier molecular flexibility index (Phi) is 6.60. The molecule has 7 heteroatoms. The molecule has 0 aliphatic carbocycles. The number of phenolic OH excluding ortho intramolecular Hbond substituents is 1. The van der Waals surface area contributed by atoms with E-state index >= 15 is 0 Å². The number of hydrogen-bond acceptors (Lipinski definition) is 3. The van der Waals surface area contributed by atoms with Crippen LogP contribution in [0.25, 0.3) is 10.9 Å². The van der Waals surface area contributed by atoms with E-state index in [1.54, 1.807) is 47.0 Å². The highest BCUT2D eigenvalue weighted by atomic mass is 19.1. The zero-order valence-electron chi connectivity index (χ0n) is 19.9. The molecule has 1 heterocycles. The van der Waals surface area contributed by atoms with Crippen molar-refractivity contribution in [2.75, 3.05) is 10.6 Å². The van der Waals surface area contributed by atoms with Gasteiger partial charge in [-0.05, 0) is 60.0 Å². The third-order valence-corrected chi connectivity index (χ3v) is 5.52. The molecule has 0 fully saturated rings. The molecule has 0 radical (unpaired) electrons. The van der Waals surface area contributed by atoms with Crippen LogP contribution in [0.4, 0.5) is 15.8 Å². The maximum atomic E-state index is 14.5. The van der Waals surface area contributed by atoms with Gasteiger partial charge >= 0.3 is 0 Å². The molecule has 0 saturated heterocycles. The van der Waals surface area contributed by atoms with Crippen molar-refractivity contribution >= 4 is 34.1 Å². The first kappa shape index (κ1) is 24.0. The highest BCUT2D eigenvalue weighted by molar-refractivity contribution is 6.07. The van der Waals surface area contributed by atoms with Crippen molar-refractivity contribution in [2.24, 2.45) is 5.41 Å². The van der Waals surface area contributed by atoms with Gasteiger partial charge in [-0.15, -0.1) is 0 Å². The molecule has 0 saturated carbocycles. The summed E-state index contributed by atoms with van der Waals surface area (Å²) in [4.78, 5) is 25.6. The first-order chi connectivity index (χ1) is 16.6. The molecule has 3 aromatic carbocycles. The summed E-state index contributed by atoms with van der Waals surface area (Å²) in [6, 6.07) is 19.7. The van der Waals surface area contributed by atoms with Gasteiger partial charge in [0.15, 0.2) is 0 Å². The van der Waals surface area contributed by atoms with Gasteiger partial charge in [-0.3, -0.25) is 9.59 Å². The van der Waals surface area contributed by atoms with Gasteiger partial charge in [-0.1, -0.05) is 39.0 Å². The number of rotatable bonds is 6. The van der Waals surface area contributed by atoms with E-state index in [-0.39, 0.29) is 35.3 Å². The van der Waals surface area contributed by atoms with Crippen LogP contribution < -0.4 is 10.6 Å². The second-order valence-electron chi connectivity index (χ2n) is 9.77. The van der Waals surface area contributed by atoms with Crippen LogP contribution in [-0.4, -0.2) is 21.5 Å². The number of nitrogens with zero attached hydrogens (tertiary/aromatic N) is 1. The molecule has 2 amide bonds. The maximum Gasteiger partial charge on any atom is 0.272 e. The summed E-state index contributed by atoms with van der Waals surface area (Å²) in [6.07, 6.45) is 0.375. The fraction of sp³-hybridized carbons (Fsp3) is 0.214. The number of carbonyl (C=O) groups is 2. The number of nitrogens with one attached hydrogen (secondary N) is 2. The lowest BCUT2D eigenvalue weighted by atomic mass is 9.92. The quantitative estimate of drug-likeness (QED) is 0.293. The summed E-state index contributed by atoms with van der Waals surface area (Å²) >= 11 is 0. The maximum absolute atomic E-state index is 14.5. The minimum Gasteiger partial charge on any atom is -0.508 e. The van der Waals surface area contributed by atoms with Crippen molar-refractivity contribution in [3.8, 4) is 5.75 Å². The lowest BCUT2D eigenvalue weighted by Gasteiger charge is -2.17. The summed E-state index contributed by atoms with van der Waals surface area (Å²) in [6.45, 7) is 6.15. The molecule has 4 rings (SSSR count). The molecule has 0 spiro atoms. The monoisotopic (exact) mass is 473 g/mol. The fourth-order valence-electron chi connectivity index (χ4n) is 3.93. The zero-order chi connectivity index (χ0) is 25.2. The molecule has 0 atom stereocenters. The lowest BCUT2D eigenvalue weighted by molar-refractivity contribution is -0.117. The minimum absolute atomic E-state index is 0.0899. The number of hydrogen-bond donors (Lipinski definition) is 3. The van der Waals surface area contributed by atoms with Crippen molar-refractivity contribution in [3.63, 3.8) is 0 Å². The van der Waals surface area contributed by atoms with E-state index in [1.165, 1.54) is 18.2 Å². The predicted octanol–water partition coefficient (Wildman–Crippen LogP) is 6.16. The summed E-state index contributed by atoms with van der Waals surface area (Å²) in [7, 11) is 0. The van der Waals surface area contributed by atoms with Crippen LogP contribution in [-0.2, 0) is 11.3 Å². The Hall–Kier alpha value is -4.13. The third kappa shape index (κ3) is 5.87. The first-order valence-corrected chi connectivity index (χ1v) is 11.4. The standard InChI is InChI=1S/C28H28FN3O3/c1-28(2,3)16-26(34)30-21-10-13-24-19(14-21)15-25(27(35)31-20-8-11-22(33)12-9-20)32(24)17-18-6-4-5-7-23(18)29/h4-15,33H,16-17H2,1-3H3,(H,30,34)(H,31,35). The Morgan fingerprint density at radius 1 is 0.914 bits per heavy atom. The van der Waals surface area contributed by atoms with E-state index in [1.807, 2.05) is 32.9 Å². The van der Waals surface area contributed by atoms with Gasteiger partial charge in [-0.2, -0.15) is 0 Å². The predicted molar refractivity (Wildman–Crippen MR) is 136 cm³/mol. The van der Waals surface area contributed by atoms with E-state index < -0.39 is 0 Å². The van der Waals surface area contributed by atoms with Crippen LogP contribution in [0.1, 0.15) is 43.2 Å². The smallest absolute Gasteiger partial charge is 0.272 e. The Morgan fingerprint density at radius 2 is 1.60 bits per heavy atom. The highest BCUT2D eigenvalue weighted by Gasteiger charge is 2.19. The van der Waals surface area contributed by atoms with Gasteiger partial charge in [0.25, 0.3) is 5.91 Å². The number of phenols is 1. The van der Waals surface area contributed by atoms with Crippen molar-refractivity contribution in [1.82, 2.24) is 4.57 Å². The topological polar surface area (TPSA) is 83.4 Å². The van der Waals surface area contributed by atoms with E-state index in [4.69, 9.17) is 0 Å². The molecular formula is C28H28FN3O3. The number of fused-ring (bicyclic) bond motifs is 1. The molecule has 1 aromatic heterocycles. The molecule has 35 heavy (non-hydrogen) atoms. The van der Waals surface area contributed by atoms with Gasteiger partial charge in [-0.25, -0.2) is 4.39 Å². The average molecular weight is 474 g/mol. The number of halogens is 1. The zero-order valence-corrected chi connectivity index (χ0v) is 19.9. The number of aromatic nitrogens is 1. The largest absolute Gasteiger partial charge is 0.508 e. The van der Waals surface area contributed by atoms with Crippen LogP contribution >= 0.6 is 0 Å². The van der Waals surface area contributed by atoms with Gasteiger partial charge in [0.2, 0.25) is 5.91 Å². The second kappa shape index (κ2) is 9.62. The molecule has 6 nitrogen and oxygen atoms in total. The molecule has 180 valence electrons. The van der Waals surface area contributed by atoms with Crippen LogP contribution in [0.2, 0.25) is 0 Å². The number of carbonyl (C=O) groups excluding carboxylic acids is 2. The SMILES string of the molecule is CC(C)(C)CC(=O)Nc1ccc2c(c1)cc(C(=O)Nc1ccc(O)cc1)n2Cc1ccccc1F. The summed E-state index contributed by atoms with van der Waals surface area (Å²) in [5.74, 6) is -0.725. The van der Waals surface area contributed by atoms with E-state index in [2.05, 4.69) is 10.6 Å². The van der Waals surface area contributed by atoms with Crippen molar-refractivity contribution in [2.45, 2.75) is 33.7 Å². The second-order valence-corrected chi connectivity index (χ2v) is 9.77. The summed E-state index contributed by atoms with van der Waals surface area (Å²) in [5, 5.41) is 16.0. The fourth-order valence-corrected chi connectivity index (χ4v) is 3.93. The average Bonchev–Trinajstić information content (AvgIpc) is 3.13. The van der Waals surface area contributed by atoms with Crippen LogP contribution in [0.15, 0.2) is 72.8 Å². The van der Waals surface area contributed by atoms with Gasteiger partial charge in [0.05, 0.1) is 6.54 Å². The van der Waals surface area contributed by atoms with E-state index in [9.17, 15) is 19.1 Å². The molecule has 0 aliphatic rings. The Morgan fingerprint density at radius 3 is 2.29 bits per heavy atom. The summed E-state index contributed by atoms with van der Waals surface area (Å²) in [5.41, 5.74) is 2.53. The number of anilines is 2. The van der Waals surface area contributed by atoms with Crippen molar-refractivity contribution in [1.29, 1.82) is 0 Å². The van der Waals surface area contributed by atoms with Gasteiger partial charge in [0.1, 0.15) is 17.3 Å². The highest BCUT2D eigenvalue weighted by Crippen LogP contribution is 2.27. The van der Waals surface area contributed by atoms with Gasteiger partial charge < -0.3 is 20.3 Å². The van der Waals surface area contributed by atoms with Crippen LogP contribution in [0.5, 0.6) is 5.75 Å². The van der Waals surface area contributed by atoms with Gasteiger partial charge in [0, 0.05) is 34.3 Å². The Labute approximate surface area is 203 Å². The molecule has 0 aliphatic heterocycles. The van der Waals surface area contributed by atoms with Crippen LogP contribution in [0.3, 0.4) is 0 Å². The number of benzene rings is 3. The number of amides is 2. The van der Waals surface area contributed by atoms with Crippen molar-refractivity contribution < 1.29 is 19.1 Å². The van der Waals surface area contributed by atoms with Crippen LogP contribution in [0, 0.1) is 11.2 Å². The number of aromatic hydroxyl groups is 1. The first-order valence-electron chi connectivity index (χ1n) is 11.4.